The molecule has 6 heteroatoms. The molecular weight excluding hydrogens is 318 g/mol. The molecule has 100 valence electrons. The molecule has 0 saturated carbocycles. The first-order valence-corrected chi connectivity index (χ1v) is 6.85. The molecule has 0 bridgehead atoms. The Bertz CT molecular complexity index is 746. The van der Waals surface area contributed by atoms with E-state index in [1.807, 2.05) is 49.4 Å². The summed E-state index contributed by atoms with van der Waals surface area (Å²) in [6, 6.07) is 13.6. The third-order valence-electron chi connectivity index (χ3n) is 2.94. The van der Waals surface area contributed by atoms with E-state index in [0.29, 0.717) is 11.5 Å². The second-order valence-corrected chi connectivity index (χ2v) is 5.40. The Morgan fingerprint density at radius 1 is 1.15 bits per heavy atom. The molecule has 0 unspecified atom stereocenters. The minimum Gasteiger partial charge on any atom is -0.398 e. The lowest BCUT2D eigenvalue weighted by molar-refractivity contribution is 0.790. The van der Waals surface area contributed by atoms with E-state index < -0.39 is 0 Å². The lowest BCUT2D eigenvalue weighted by Gasteiger charge is -2.08. The molecule has 0 atom stereocenters. The monoisotopic (exact) mass is 329 g/mol. The summed E-state index contributed by atoms with van der Waals surface area (Å²) in [6.45, 7) is 2.02. The van der Waals surface area contributed by atoms with E-state index in [2.05, 4.69) is 31.5 Å². The van der Waals surface area contributed by atoms with Crippen molar-refractivity contribution < 1.29 is 0 Å². The topological polar surface area (TPSA) is 69.6 Å². The van der Waals surface area contributed by atoms with Crippen LogP contribution in [0.15, 0.2) is 46.9 Å². The van der Waals surface area contributed by atoms with Gasteiger partial charge in [-0.15, -0.1) is 5.10 Å². The number of nitrogens with zero attached hydrogens (tertiary/aromatic N) is 4. The second kappa shape index (κ2) is 5.05. The Labute approximate surface area is 124 Å². The number of nitrogens with two attached hydrogens (primary N) is 1. The number of aromatic nitrogens is 4. The number of tetrazole rings is 1. The molecule has 20 heavy (non-hydrogen) atoms. The van der Waals surface area contributed by atoms with Crippen LogP contribution in [0.4, 0.5) is 5.69 Å². The van der Waals surface area contributed by atoms with Gasteiger partial charge in [0.05, 0.1) is 5.69 Å². The second-order valence-electron chi connectivity index (χ2n) is 4.49. The first-order valence-electron chi connectivity index (χ1n) is 6.06. The van der Waals surface area contributed by atoms with Gasteiger partial charge in [0.25, 0.3) is 0 Å². The number of aryl methyl sites for hydroxylation is 1. The Kier molecular flexibility index (Phi) is 3.23. The molecule has 0 amide bonds. The number of hydrogen-bond donors (Lipinski definition) is 1. The summed E-state index contributed by atoms with van der Waals surface area (Å²) in [4.78, 5) is 0. The summed E-state index contributed by atoms with van der Waals surface area (Å²) in [5.74, 6) is 0.626. The van der Waals surface area contributed by atoms with Crippen molar-refractivity contribution in [3.63, 3.8) is 0 Å². The predicted octanol–water partition coefficient (Wildman–Crippen LogP) is 2.98. The lowest BCUT2D eigenvalue weighted by atomic mass is 10.1. The SMILES string of the molecule is Cc1cc(Br)cc(-n2nnnc2-c2ccccc2N)c1. The zero-order valence-corrected chi connectivity index (χ0v) is 12.4. The van der Waals surface area contributed by atoms with Crippen LogP contribution in [-0.2, 0) is 0 Å². The molecule has 0 saturated heterocycles. The van der Waals surface area contributed by atoms with E-state index >= 15 is 0 Å². The standard InChI is InChI=1S/C14H12BrN5/c1-9-6-10(15)8-11(7-9)20-14(17-18-19-20)12-4-2-3-5-13(12)16/h2-8H,16H2,1H3. The highest BCUT2D eigenvalue weighted by Gasteiger charge is 2.13. The van der Waals surface area contributed by atoms with Gasteiger partial charge in [-0.1, -0.05) is 28.1 Å². The van der Waals surface area contributed by atoms with Gasteiger partial charge in [-0.2, -0.15) is 4.68 Å². The van der Waals surface area contributed by atoms with Crippen molar-refractivity contribution in [2.75, 3.05) is 5.73 Å². The van der Waals surface area contributed by atoms with E-state index in [-0.39, 0.29) is 0 Å². The molecule has 5 nitrogen and oxygen atoms in total. The quantitative estimate of drug-likeness (QED) is 0.734. The maximum absolute atomic E-state index is 6.00. The van der Waals surface area contributed by atoms with Crippen molar-refractivity contribution in [1.82, 2.24) is 20.2 Å². The number of rotatable bonds is 2. The number of para-hydroxylation sites is 1. The fourth-order valence-electron chi connectivity index (χ4n) is 2.07. The summed E-state index contributed by atoms with van der Waals surface area (Å²) in [5.41, 5.74) is 9.47. The van der Waals surface area contributed by atoms with Gasteiger partial charge in [0.15, 0.2) is 5.82 Å². The summed E-state index contributed by atoms with van der Waals surface area (Å²) in [6.07, 6.45) is 0. The number of halogens is 1. The number of nitrogen functional groups attached to an aromatic ring is 1. The van der Waals surface area contributed by atoms with Crippen molar-refractivity contribution in [2.45, 2.75) is 6.92 Å². The maximum atomic E-state index is 6.00. The van der Waals surface area contributed by atoms with Gasteiger partial charge in [0.1, 0.15) is 0 Å². The van der Waals surface area contributed by atoms with Gasteiger partial charge in [-0.3, -0.25) is 0 Å². The molecule has 2 aromatic carbocycles. The van der Waals surface area contributed by atoms with Gasteiger partial charge in [0, 0.05) is 15.7 Å². The molecule has 0 aliphatic carbocycles. The van der Waals surface area contributed by atoms with E-state index in [4.69, 9.17) is 5.73 Å². The highest BCUT2D eigenvalue weighted by molar-refractivity contribution is 9.10. The molecular formula is C14H12BrN5. The summed E-state index contributed by atoms with van der Waals surface area (Å²) >= 11 is 3.49. The Balaban J connectivity index is 2.18. The minimum atomic E-state index is 0.626. The number of hydrogen-bond acceptors (Lipinski definition) is 4. The van der Waals surface area contributed by atoms with E-state index in [0.717, 1.165) is 21.3 Å². The van der Waals surface area contributed by atoms with Crippen LogP contribution in [0.5, 0.6) is 0 Å². The van der Waals surface area contributed by atoms with Crippen molar-refractivity contribution in [3.8, 4) is 17.1 Å². The lowest BCUT2D eigenvalue weighted by Crippen LogP contribution is -2.02. The smallest absolute Gasteiger partial charge is 0.189 e. The molecule has 1 heterocycles. The van der Waals surface area contributed by atoms with E-state index in [1.165, 1.54) is 0 Å². The molecule has 0 aliphatic rings. The van der Waals surface area contributed by atoms with Crippen LogP contribution in [0.3, 0.4) is 0 Å². The Hall–Kier alpha value is -2.21. The van der Waals surface area contributed by atoms with Crippen LogP contribution in [0.1, 0.15) is 5.56 Å². The van der Waals surface area contributed by atoms with Crippen molar-refractivity contribution >= 4 is 21.6 Å². The fraction of sp³-hybridized carbons (Fsp3) is 0.0714. The first kappa shape index (κ1) is 12.8. The third kappa shape index (κ3) is 2.30. The van der Waals surface area contributed by atoms with E-state index in [1.54, 1.807) is 4.68 Å². The van der Waals surface area contributed by atoms with E-state index in [9.17, 15) is 0 Å². The molecule has 0 radical (unpaired) electrons. The molecule has 0 spiro atoms. The zero-order chi connectivity index (χ0) is 14.1. The van der Waals surface area contributed by atoms with Gasteiger partial charge in [0.2, 0.25) is 0 Å². The summed E-state index contributed by atoms with van der Waals surface area (Å²) in [5, 5.41) is 11.9. The van der Waals surface area contributed by atoms with Crippen LogP contribution in [0.2, 0.25) is 0 Å². The highest BCUT2D eigenvalue weighted by atomic mass is 79.9. The average molecular weight is 330 g/mol. The van der Waals surface area contributed by atoms with Crippen LogP contribution >= 0.6 is 15.9 Å². The van der Waals surface area contributed by atoms with Crippen LogP contribution in [0, 0.1) is 6.92 Å². The van der Waals surface area contributed by atoms with Gasteiger partial charge in [-0.05, 0) is 53.2 Å². The fourth-order valence-corrected chi connectivity index (χ4v) is 2.66. The molecule has 0 fully saturated rings. The Morgan fingerprint density at radius 3 is 2.70 bits per heavy atom. The van der Waals surface area contributed by atoms with Crippen LogP contribution in [-0.4, -0.2) is 20.2 Å². The van der Waals surface area contributed by atoms with Gasteiger partial charge < -0.3 is 5.73 Å². The molecule has 0 aliphatic heterocycles. The van der Waals surface area contributed by atoms with Crippen molar-refractivity contribution in [3.05, 3.63) is 52.5 Å². The van der Waals surface area contributed by atoms with Gasteiger partial charge in [-0.25, -0.2) is 0 Å². The normalized spacial score (nSPS) is 10.7. The summed E-state index contributed by atoms with van der Waals surface area (Å²) < 4.78 is 2.67. The van der Waals surface area contributed by atoms with Crippen LogP contribution in [0.25, 0.3) is 17.1 Å². The third-order valence-corrected chi connectivity index (χ3v) is 3.40. The number of benzene rings is 2. The zero-order valence-electron chi connectivity index (χ0n) is 10.8. The molecule has 3 rings (SSSR count). The van der Waals surface area contributed by atoms with Crippen molar-refractivity contribution in [2.24, 2.45) is 0 Å². The first-order chi connectivity index (χ1) is 9.65. The Morgan fingerprint density at radius 2 is 1.95 bits per heavy atom. The van der Waals surface area contributed by atoms with Gasteiger partial charge >= 0.3 is 0 Å². The predicted molar refractivity (Wildman–Crippen MR) is 81.4 cm³/mol. The molecule has 1 aromatic heterocycles. The largest absolute Gasteiger partial charge is 0.398 e. The highest BCUT2D eigenvalue weighted by Crippen LogP contribution is 2.26. The maximum Gasteiger partial charge on any atom is 0.189 e. The average Bonchev–Trinajstić information content (AvgIpc) is 2.87. The minimum absolute atomic E-state index is 0.626. The number of anilines is 1. The summed E-state index contributed by atoms with van der Waals surface area (Å²) in [7, 11) is 0. The molecule has 3 aromatic rings. The van der Waals surface area contributed by atoms with Crippen LogP contribution < -0.4 is 5.73 Å². The van der Waals surface area contributed by atoms with Crippen molar-refractivity contribution in [1.29, 1.82) is 0 Å². The molecule has 2 N–H and O–H groups in total.